The maximum absolute atomic E-state index is 12.2. The quantitative estimate of drug-likeness (QED) is 0.667. The molecule has 1 aliphatic heterocycles. The van der Waals surface area contributed by atoms with Crippen molar-refractivity contribution in [3.8, 4) is 0 Å². The molecule has 8 heteroatoms. The molecule has 3 atom stereocenters. The Labute approximate surface area is 135 Å². The number of nitrogens with zero attached hydrogens (tertiary/aromatic N) is 2. The van der Waals surface area contributed by atoms with Crippen molar-refractivity contribution in [2.75, 3.05) is 18.5 Å². The van der Waals surface area contributed by atoms with Crippen LogP contribution in [0.5, 0.6) is 0 Å². The Kier molecular flexibility index (Phi) is 4.84. The van der Waals surface area contributed by atoms with Crippen LogP contribution in [0.15, 0.2) is 0 Å². The molecule has 0 aromatic rings. The van der Waals surface area contributed by atoms with Crippen molar-refractivity contribution in [2.24, 2.45) is 0 Å². The van der Waals surface area contributed by atoms with E-state index in [1.54, 1.807) is 13.8 Å². The van der Waals surface area contributed by atoms with Gasteiger partial charge in [-0.25, -0.2) is 19.6 Å². The topological polar surface area (TPSA) is 59.1 Å². The lowest BCUT2D eigenvalue weighted by atomic mass is 10.1. The number of carbonyl (C=O) groups excluding carboxylic acids is 2. The molecule has 0 aromatic heterocycles. The third-order valence-corrected chi connectivity index (χ3v) is 6.78. The highest BCUT2D eigenvalue weighted by atomic mass is 79.9. The summed E-state index contributed by atoms with van der Waals surface area (Å²) in [6.45, 7) is 4.03. The van der Waals surface area contributed by atoms with Crippen LogP contribution in [0.1, 0.15) is 26.7 Å². The lowest BCUT2D eigenvalue weighted by molar-refractivity contribution is -0.0378. The van der Waals surface area contributed by atoms with Gasteiger partial charge in [0.05, 0.1) is 29.6 Å². The zero-order valence-electron chi connectivity index (χ0n) is 11.5. The molecule has 0 radical (unpaired) electrons. The Hall–Kier alpha value is -0.500. The first-order valence-electron chi connectivity index (χ1n) is 6.68. The number of hydrogen-bond acceptors (Lipinski definition) is 4. The molecule has 1 heterocycles. The van der Waals surface area contributed by atoms with Crippen LogP contribution in [0.4, 0.5) is 9.59 Å². The Bertz CT molecular complexity index is 375. The van der Waals surface area contributed by atoms with E-state index in [2.05, 4.69) is 31.9 Å². The van der Waals surface area contributed by atoms with Gasteiger partial charge in [-0.1, -0.05) is 31.9 Å². The van der Waals surface area contributed by atoms with Crippen LogP contribution in [-0.4, -0.2) is 57.2 Å². The van der Waals surface area contributed by atoms with Gasteiger partial charge in [0.15, 0.2) is 0 Å². The fourth-order valence-electron chi connectivity index (χ4n) is 2.96. The van der Waals surface area contributed by atoms with E-state index in [-0.39, 0.29) is 29.6 Å². The molecule has 2 bridgehead atoms. The molecule has 2 rings (SSSR count). The summed E-state index contributed by atoms with van der Waals surface area (Å²) in [5, 5.41) is 3.46. The third kappa shape index (κ3) is 2.30. The fourth-order valence-corrected chi connectivity index (χ4v) is 4.55. The molecule has 0 spiro atoms. The second-order valence-corrected chi connectivity index (χ2v) is 6.79. The Morgan fingerprint density at radius 2 is 1.50 bits per heavy atom. The highest BCUT2D eigenvalue weighted by Crippen LogP contribution is 2.51. The van der Waals surface area contributed by atoms with Gasteiger partial charge in [0, 0.05) is 5.33 Å². The van der Waals surface area contributed by atoms with Gasteiger partial charge in [-0.05, 0) is 26.7 Å². The lowest BCUT2D eigenvalue weighted by Gasteiger charge is -2.35. The van der Waals surface area contributed by atoms with Crippen LogP contribution in [0, 0.1) is 0 Å². The van der Waals surface area contributed by atoms with E-state index in [1.165, 1.54) is 10.0 Å². The smallest absolute Gasteiger partial charge is 0.429 e. The average Bonchev–Trinajstić information content (AvgIpc) is 2.88. The molecule has 2 amide bonds. The van der Waals surface area contributed by atoms with Gasteiger partial charge in [0.2, 0.25) is 0 Å². The van der Waals surface area contributed by atoms with Gasteiger partial charge in [-0.3, -0.25) is 0 Å². The van der Waals surface area contributed by atoms with Gasteiger partial charge in [-0.15, -0.1) is 0 Å². The summed E-state index contributed by atoms with van der Waals surface area (Å²) in [6.07, 6.45) is 0.655. The number of rotatable bonds is 3. The van der Waals surface area contributed by atoms with Gasteiger partial charge in [0.1, 0.15) is 0 Å². The van der Waals surface area contributed by atoms with Crippen LogP contribution in [0.3, 0.4) is 0 Å². The molecule has 2 fully saturated rings. The zero-order chi connectivity index (χ0) is 14.9. The van der Waals surface area contributed by atoms with E-state index in [9.17, 15) is 9.59 Å². The van der Waals surface area contributed by atoms with Crippen LogP contribution in [0.25, 0.3) is 0 Å². The van der Waals surface area contributed by atoms with E-state index >= 15 is 0 Å². The predicted octanol–water partition coefficient (Wildman–Crippen LogP) is 2.89. The average molecular weight is 414 g/mol. The first-order valence-corrected chi connectivity index (χ1v) is 8.59. The Morgan fingerprint density at radius 3 is 1.80 bits per heavy atom. The number of hydrogen-bond donors (Lipinski definition) is 0. The number of alkyl halides is 2. The summed E-state index contributed by atoms with van der Waals surface area (Å²) in [4.78, 5) is 24.4. The van der Waals surface area contributed by atoms with E-state index in [4.69, 9.17) is 9.47 Å². The molecule has 1 saturated heterocycles. The number of hydrazine groups is 1. The summed E-state index contributed by atoms with van der Waals surface area (Å²) in [6, 6.07) is -0.231. The van der Waals surface area contributed by atoms with Crippen molar-refractivity contribution >= 4 is 44.0 Å². The predicted molar refractivity (Wildman–Crippen MR) is 80.0 cm³/mol. The standard InChI is InChI=1S/C12H18Br2N2O4/c1-3-19-10(17)15-8-5-6-9(12(8,14)7-13)16(15)11(18)20-4-2/h8-9H,3-7H2,1-2H3/t8-,9+,12?. The maximum Gasteiger partial charge on any atom is 0.429 e. The molecule has 1 aliphatic carbocycles. The van der Waals surface area contributed by atoms with E-state index in [0.717, 1.165) is 12.8 Å². The first kappa shape index (κ1) is 15.9. The van der Waals surface area contributed by atoms with Crippen molar-refractivity contribution in [1.82, 2.24) is 10.0 Å². The van der Waals surface area contributed by atoms with Gasteiger partial charge >= 0.3 is 12.2 Å². The molecule has 2 aliphatic rings. The molecule has 1 unspecified atom stereocenters. The van der Waals surface area contributed by atoms with Crippen LogP contribution in [-0.2, 0) is 9.47 Å². The van der Waals surface area contributed by atoms with Crippen molar-refractivity contribution in [3.63, 3.8) is 0 Å². The SMILES string of the molecule is CCOC(=O)N1[C@H]2CC[C@@H](N1C(=O)OCC)C2(Br)CBr. The summed E-state index contributed by atoms with van der Waals surface area (Å²) in [5.41, 5.74) is 0. The van der Waals surface area contributed by atoms with Crippen molar-refractivity contribution in [2.45, 2.75) is 43.1 Å². The molecule has 20 heavy (non-hydrogen) atoms. The van der Waals surface area contributed by atoms with Crippen molar-refractivity contribution < 1.29 is 19.1 Å². The highest BCUT2D eigenvalue weighted by molar-refractivity contribution is 9.12. The summed E-state index contributed by atoms with van der Waals surface area (Å²) in [5.74, 6) is 0. The summed E-state index contributed by atoms with van der Waals surface area (Å²) < 4.78 is 9.80. The van der Waals surface area contributed by atoms with E-state index < -0.39 is 12.2 Å². The lowest BCUT2D eigenvalue weighted by Crippen LogP contribution is -2.53. The monoisotopic (exact) mass is 412 g/mol. The summed E-state index contributed by atoms with van der Waals surface area (Å²) in [7, 11) is 0. The van der Waals surface area contributed by atoms with Crippen molar-refractivity contribution in [3.05, 3.63) is 0 Å². The van der Waals surface area contributed by atoms with Crippen LogP contribution in [0.2, 0.25) is 0 Å². The summed E-state index contributed by atoms with van der Waals surface area (Å²) >= 11 is 7.19. The third-order valence-electron chi connectivity index (χ3n) is 3.76. The van der Waals surface area contributed by atoms with Crippen LogP contribution < -0.4 is 0 Å². The number of halogens is 2. The zero-order valence-corrected chi connectivity index (χ0v) is 14.6. The number of amides is 2. The molecule has 0 aromatic carbocycles. The van der Waals surface area contributed by atoms with Gasteiger partial charge in [-0.2, -0.15) is 0 Å². The van der Waals surface area contributed by atoms with Gasteiger partial charge in [0.25, 0.3) is 0 Å². The molecular weight excluding hydrogens is 396 g/mol. The highest BCUT2D eigenvalue weighted by Gasteiger charge is 2.64. The van der Waals surface area contributed by atoms with Crippen LogP contribution >= 0.6 is 31.9 Å². The minimum absolute atomic E-state index is 0.115. The molecule has 6 nitrogen and oxygen atoms in total. The minimum Gasteiger partial charge on any atom is -0.448 e. The van der Waals surface area contributed by atoms with Gasteiger partial charge < -0.3 is 9.47 Å². The number of ether oxygens (including phenoxy) is 2. The second kappa shape index (κ2) is 6.09. The normalized spacial score (nSPS) is 31.6. The second-order valence-electron chi connectivity index (χ2n) is 4.76. The fraction of sp³-hybridized carbons (Fsp3) is 0.833. The molecule has 114 valence electrons. The molecule has 0 N–H and O–H groups in total. The number of carbonyl (C=O) groups is 2. The number of fused-ring (bicyclic) bond motifs is 2. The molecule has 1 saturated carbocycles. The first-order chi connectivity index (χ1) is 9.51. The van der Waals surface area contributed by atoms with Crippen molar-refractivity contribution in [1.29, 1.82) is 0 Å². The van der Waals surface area contributed by atoms with E-state index in [0.29, 0.717) is 5.33 Å². The van der Waals surface area contributed by atoms with E-state index in [1.807, 2.05) is 0 Å². The maximum atomic E-state index is 12.2. The molecular formula is C12H18Br2N2O4. The minimum atomic E-state index is -0.502. The Balaban J connectivity index is 2.31. The largest absolute Gasteiger partial charge is 0.448 e. The Morgan fingerprint density at radius 1 is 1.10 bits per heavy atom.